The predicted octanol–water partition coefficient (Wildman–Crippen LogP) is 6.68. The van der Waals surface area contributed by atoms with Crippen molar-refractivity contribution in [1.29, 1.82) is 0 Å². The third-order valence-corrected chi connectivity index (χ3v) is 6.06. The lowest BCUT2D eigenvalue weighted by molar-refractivity contribution is 0.244. The Labute approximate surface area is 204 Å². The SMILES string of the molecule is CC1=C(c2nc(-c3cccc(Cl)c3)no2)C(c2ccc(F)cc2)NC(=O)N1c1ccc(F)c(C)c1. The lowest BCUT2D eigenvalue weighted by Crippen LogP contribution is -2.46. The summed E-state index contributed by atoms with van der Waals surface area (Å²) in [5, 5.41) is 7.56. The van der Waals surface area contributed by atoms with Gasteiger partial charge in [-0.1, -0.05) is 41.0 Å². The van der Waals surface area contributed by atoms with Crippen LogP contribution in [-0.2, 0) is 0 Å². The topological polar surface area (TPSA) is 71.3 Å². The van der Waals surface area contributed by atoms with Crippen molar-refractivity contribution in [2.45, 2.75) is 19.9 Å². The molecule has 0 fully saturated rings. The highest BCUT2D eigenvalue weighted by Crippen LogP contribution is 2.39. The second-order valence-corrected chi connectivity index (χ2v) is 8.57. The molecule has 2 heterocycles. The monoisotopic (exact) mass is 492 g/mol. The molecule has 6 nitrogen and oxygen atoms in total. The number of amides is 2. The molecule has 0 saturated heterocycles. The maximum atomic E-state index is 13.9. The minimum atomic E-state index is -0.687. The Bertz CT molecular complexity index is 1470. The lowest BCUT2D eigenvalue weighted by atomic mass is 9.94. The third kappa shape index (κ3) is 4.28. The standard InChI is InChI=1S/C26H19ClF2N4O2/c1-14-12-20(10-11-21(14)29)33-15(2)22(23(30-26(33)34)16-6-8-19(28)9-7-16)25-31-24(32-35-25)17-4-3-5-18(27)13-17/h3-13,23H,1-2H3,(H,30,34). The summed E-state index contributed by atoms with van der Waals surface area (Å²) in [4.78, 5) is 19.2. The summed E-state index contributed by atoms with van der Waals surface area (Å²) in [6, 6.07) is 16.1. The van der Waals surface area contributed by atoms with E-state index in [0.29, 0.717) is 44.5 Å². The molecular formula is C26H19ClF2N4O2. The Kier molecular flexibility index (Phi) is 5.82. The zero-order chi connectivity index (χ0) is 24.7. The van der Waals surface area contributed by atoms with Crippen molar-refractivity contribution in [3.8, 4) is 11.4 Å². The van der Waals surface area contributed by atoms with E-state index in [4.69, 9.17) is 16.1 Å². The summed E-state index contributed by atoms with van der Waals surface area (Å²) >= 11 is 6.11. The van der Waals surface area contributed by atoms with Gasteiger partial charge in [-0.2, -0.15) is 4.98 Å². The van der Waals surface area contributed by atoms with Gasteiger partial charge in [0.2, 0.25) is 5.82 Å². The number of nitrogens with zero attached hydrogens (tertiary/aromatic N) is 3. The fourth-order valence-corrected chi connectivity index (χ4v) is 4.27. The van der Waals surface area contributed by atoms with E-state index in [-0.39, 0.29) is 11.7 Å². The first-order valence-electron chi connectivity index (χ1n) is 10.7. The number of benzene rings is 3. The summed E-state index contributed by atoms with van der Waals surface area (Å²) < 4.78 is 33.2. The van der Waals surface area contributed by atoms with Gasteiger partial charge in [0.15, 0.2) is 0 Å². The molecule has 1 aliphatic heterocycles. The van der Waals surface area contributed by atoms with Gasteiger partial charge in [-0.05, 0) is 67.4 Å². The molecule has 4 aromatic rings. The molecule has 0 radical (unpaired) electrons. The van der Waals surface area contributed by atoms with E-state index in [1.807, 2.05) is 0 Å². The molecule has 1 aromatic heterocycles. The van der Waals surface area contributed by atoms with Gasteiger partial charge >= 0.3 is 6.03 Å². The Morgan fingerprint density at radius 3 is 2.51 bits per heavy atom. The number of halogens is 3. The summed E-state index contributed by atoms with van der Waals surface area (Å²) in [6.45, 7) is 3.36. The van der Waals surface area contributed by atoms with Gasteiger partial charge in [0, 0.05) is 16.3 Å². The first kappa shape index (κ1) is 22.7. The van der Waals surface area contributed by atoms with Crippen LogP contribution in [0, 0.1) is 18.6 Å². The number of anilines is 1. The molecule has 1 N–H and O–H groups in total. The number of urea groups is 1. The number of hydrogen-bond donors (Lipinski definition) is 1. The van der Waals surface area contributed by atoms with E-state index < -0.39 is 17.9 Å². The molecule has 0 saturated carbocycles. The molecule has 0 aliphatic carbocycles. The Hall–Kier alpha value is -4.04. The summed E-state index contributed by atoms with van der Waals surface area (Å²) in [5.41, 5.74) is 3.20. The average molecular weight is 493 g/mol. The number of carbonyl (C=O) groups excluding carboxylic acids is 1. The van der Waals surface area contributed by atoms with Crippen LogP contribution < -0.4 is 10.2 Å². The van der Waals surface area contributed by atoms with Crippen LogP contribution in [0.2, 0.25) is 5.02 Å². The van der Waals surface area contributed by atoms with E-state index in [0.717, 1.165) is 0 Å². The molecule has 0 spiro atoms. The van der Waals surface area contributed by atoms with Crippen LogP contribution in [0.4, 0.5) is 19.3 Å². The van der Waals surface area contributed by atoms with E-state index in [1.54, 1.807) is 56.3 Å². The molecule has 176 valence electrons. The number of allylic oxidation sites excluding steroid dienone is 1. The second-order valence-electron chi connectivity index (χ2n) is 8.14. The lowest BCUT2D eigenvalue weighted by Gasteiger charge is -2.35. The number of hydrogen-bond acceptors (Lipinski definition) is 4. The van der Waals surface area contributed by atoms with E-state index in [1.165, 1.54) is 29.2 Å². The first-order chi connectivity index (χ1) is 16.8. The molecular weight excluding hydrogens is 474 g/mol. The van der Waals surface area contributed by atoms with Crippen LogP contribution in [0.3, 0.4) is 0 Å². The maximum Gasteiger partial charge on any atom is 0.326 e. The average Bonchev–Trinajstić information content (AvgIpc) is 3.31. The molecule has 5 rings (SSSR count). The van der Waals surface area contributed by atoms with Gasteiger partial charge in [0.1, 0.15) is 11.6 Å². The highest BCUT2D eigenvalue weighted by molar-refractivity contribution is 6.30. The van der Waals surface area contributed by atoms with Gasteiger partial charge in [0.25, 0.3) is 5.89 Å². The van der Waals surface area contributed by atoms with Gasteiger partial charge < -0.3 is 9.84 Å². The van der Waals surface area contributed by atoms with Crippen LogP contribution in [0.25, 0.3) is 17.0 Å². The highest BCUT2D eigenvalue weighted by atomic mass is 35.5. The maximum absolute atomic E-state index is 13.9. The van der Waals surface area contributed by atoms with Crippen molar-refractivity contribution >= 4 is 28.9 Å². The van der Waals surface area contributed by atoms with Crippen molar-refractivity contribution in [1.82, 2.24) is 15.5 Å². The largest absolute Gasteiger partial charge is 0.334 e. The van der Waals surface area contributed by atoms with Crippen molar-refractivity contribution in [3.63, 3.8) is 0 Å². The van der Waals surface area contributed by atoms with Crippen molar-refractivity contribution in [2.24, 2.45) is 0 Å². The van der Waals surface area contributed by atoms with Gasteiger partial charge in [-0.15, -0.1) is 0 Å². The summed E-state index contributed by atoms with van der Waals surface area (Å²) in [6.07, 6.45) is 0. The van der Waals surface area contributed by atoms with Crippen LogP contribution >= 0.6 is 11.6 Å². The number of nitrogens with one attached hydrogen (secondary N) is 1. The Morgan fingerprint density at radius 1 is 1.03 bits per heavy atom. The van der Waals surface area contributed by atoms with Crippen LogP contribution in [0.5, 0.6) is 0 Å². The van der Waals surface area contributed by atoms with Crippen LogP contribution in [0.15, 0.2) is 77.0 Å². The summed E-state index contributed by atoms with van der Waals surface area (Å²) in [7, 11) is 0. The smallest absolute Gasteiger partial charge is 0.326 e. The predicted molar refractivity (Wildman–Crippen MR) is 129 cm³/mol. The molecule has 3 aromatic carbocycles. The fourth-order valence-electron chi connectivity index (χ4n) is 4.08. The zero-order valence-corrected chi connectivity index (χ0v) is 19.5. The highest BCUT2D eigenvalue weighted by Gasteiger charge is 2.36. The quantitative estimate of drug-likeness (QED) is 0.345. The number of aryl methyl sites for hydroxylation is 1. The number of carbonyl (C=O) groups is 1. The Balaban J connectivity index is 1.66. The van der Waals surface area contributed by atoms with Crippen molar-refractivity contribution in [2.75, 3.05) is 4.90 Å². The van der Waals surface area contributed by atoms with Crippen LogP contribution in [-0.4, -0.2) is 16.2 Å². The second kappa shape index (κ2) is 8.96. The third-order valence-electron chi connectivity index (χ3n) is 5.83. The fraction of sp³-hybridized carbons (Fsp3) is 0.115. The van der Waals surface area contributed by atoms with Crippen molar-refractivity contribution < 1.29 is 18.1 Å². The van der Waals surface area contributed by atoms with Gasteiger partial charge in [-0.25, -0.2) is 13.6 Å². The molecule has 35 heavy (non-hydrogen) atoms. The van der Waals surface area contributed by atoms with Gasteiger partial charge in [0.05, 0.1) is 17.3 Å². The molecule has 1 atom stereocenters. The molecule has 1 aliphatic rings. The normalized spacial score (nSPS) is 16.0. The van der Waals surface area contributed by atoms with Crippen LogP contribution in [0.1, 0.15) is 30.0 Å². The minimum Gasteiger partial charge on any atom is -0.334 e. The van der Waals surface area contributed by atoms with E-state index in [2.05, 4.69) is 15.5 Å². The first-order valence-corrected chi connectivity index (χ1v) is 11.1. The Morgan fingerprint density at radius 2 is 1.80 bits per heavy atom. The zero-order valence-electron chi connectivity index (χ0n) is 18.7. The molecule has 2 amide bonds. The minimum absolute atomic E-state index is 0.177. The van der Waals surface area contributed by atoms with E-state index in [9.17, 15) is 13.6 Å². The number of rotatable bonds is 4. The van der Waals surface area contributed by atoms with E-state index >= 15 is 0 Å². The number of aromatic nitrogens is 2. The van der Waals surface area contributed by atoms with Gasteiger partial charge in [-0.3, -0.25) is 4.90 Å². The summed E-state index contributed by atoms with van der Waals surface area (Å²) in [5.74, 6) is -0.278. The molecule has 9 heteroatoms. The molecule has 0 bridgehead atoms. The van der Waals surface area contributed by atoms with Crippen molar-refractivity contribution in [3.05, 3.63) is 106 Å². The molecule has 1 unspecified atom stereocenters.